The third kappa shape index (κ3) is 1.08. The van der Waals surface area contributed by atoms with Crippen molar-refractivity contribution < 1.29 is 9.84 Å². The number of ether oxygens (including phenoxy) is 1. The lowest BCUT2D eigenvalue weighted by molar-refractivity contribution is -0.149. The van der Waals surface area contributed by atoms with Crippen molar-refractivity contribution in [3.05, 3.63) is 0 Å². The Morgan fingerprint density at radius 2 is 1.83 bits per heavy atom. The molecule has 0 radical (unpaired) electrons. The molecule has 70 valence electrons. The van der Waals surface area contributed by atoms with Crippen LogP contribution in [0.4, 0.5) is 0 Å². The van der Waals surface area contributed by atoms with Crippen LogP contribution in [0.2, 0.25) is 0 Å². The summed E-state index contributed by atoms with van der Waals surface area (Å²) >= 11 is 0. The smallest absolute Gasteiger partial charge is 0.0949 e. The van der Waals surface area contributed by atoms with E-state index in [-0.39, 0.29) is 5.41 Å². The van der Waals surface area contributed by atoms with E-state index in [9.17, 15) is 5.11 Å². The van der Waals surface area contributed by atoms with E-state index < -0.39 is 5.60 Å². The van der Waals surface area contributed by atoms with Crippen molar-refractivity contribution in [3.8, 4) is 0 Å². The highest BCUT2D eigenvalue weighted by Gasteiger charge is 2.51. The van der Waals surface area contributed by atoms with Crippen molar-refractivity contribution in [2.24, 2.45) is 5.41 Å². The topological polar surface area (TPSA) is 41.5 Å². The highest BCUT2D eigenvalue weighted by Crippen LogP contribution is 2.42. The van der Waals surface area contributed by atoms with Gasteiger partial charge in [-0.25, -0.2) is 0 Å². The third-order valence-corrected chi connectivity index (χ3v) is 3.55. The van der Waals surface area contributed by atoms with Gasteiger partial charge >= 0.3 is 0 Å². The quantitative estimate of drug-likeness (QED) is 0.589. The van der Waals surface area contributed by atoms with E-state index >= 15 is 0 Å². The molecule has 2 saturated heterocycles. The summed E-state index contributed by atoms with van der Waals surface area (Å²) in [5.41, 5.74) is -0.382. The molecular formula is C9H17NO2. The van der Waals surface area contributed by atoms with Gasteiger partial charge in [0.15, 0.2) is 0 Å². The predicted octanol–water partition coefficient (Wildman–Crippen LogP) is 0.137. The second kappa shape index (κ2) is 2.69. The highest BCUT2D eigenvalue weighted by atomic mass is 16.5. The monoisotopic (exact) mass is 171 g/mol. The molecule has 2 N–H and O–H groups in total. The van der Waals surface area contributed by atoms with Crippen LogP contribution in [0.1, 0.15) is 19.8 Å². The molecule has 2 rings (SSSR count). The standard InChI is InChI=1S/C9H17NO2/c1-8(2-4-12-5-3-8)9(11)6-10-7-9/h10-11H,2-7H2,1H3. The Kier molecular flexibility index (Phi) is 1.90. The number of nitrogens with one attached hydrogen (secondary N) is 1. The van der Waals surface area contributed by atoms with Crippen LogP contribution in [0.25, 0.3) is 0 Å². The summed E-state index contributed by atoms with van der Waals surface area (Å²) in [7, 11) is 0. The Labute approximate surface area is 73.1 Å². The third-order valence-electron chi connectivity index (χ3n) is 3.55. The van der Waals surface area contributed by atoms with E-state index in [1.54, 1.807) is 0 Å². The van der Waals surface area contributed by atoms with Crippen LogP contribution in [-0.2, 0) is 4.74 Å². The minimum Gasteiger partial charge on any atom is -0.387 e. The van der Waals surface area contributed by atoms with Gasteiger partial charge in [0.05, 0.1) is 5.60 Å². The molecule has 12 heavy (non-hydrogen) atoms. The zero-order valence-corrected chi connectivity index (χ0v) is 7.60. The summed E-state index contributed by atoms with van der Waals surface area (Å²) in [6, 6.07) is 0. The minimum atomic E-state index is -0.462. The van der Waals surface area contributed by atoms with Crippen molar-refractivity contribution in [1.82, 2.24) is 5.32 Å². The molecule has 0 amide bonds. The Morgan fingerprint density at radius 3 is 2.25 bits per heavy atom. The lowest BCUT2D eigenvalue weighted by Gasteiger charge is -2.52. The average Bonchev–Trinajstić information content (AvgIpc) is 2.01. The second-order valence-corrected chi connectivity index (χ2v) is 4.31. The van der Waals surface area contributed by atoms with Crippen molar-refractivity contribution in [2.45, 2.75) is 25.4 Å². The van der Waals surface area contributed by atoms with Crippen LogP contribution in [0, 0.1) is 5.41 Å². The minimum absolute atomic E-state index is 0.0799. The molecule has 0 bridgehead atoms. The van der Waals surface area contributed by atoms with Crippen molar-refractivity contribution >= 4 is 0 Å². The number of β-amino-alcohol motifs (C(OH)–C–C–N with tert-alkyl or cyclic N) is 1. The van der Waals surface area contributed by atoms with Crippen molar-refractivity contribution in [1.29, 1.82) is 0 Å². The van der Waals surface area contributed by atoms with E-state index in [0.29, 0.717) is 0 Å². The van der Waals surface area contributed by atoms with Crippen LogP contribution in [0.15, 0.2) is 0 Å². The number of rotatable bonds is 1. The Hall–Kier alpha value is -0.120. The number of hydrogen-bond acceptors (Lipinski definition) is 3. The van der Waals surface area contributed by atoms with E-state index in [2.05, 4.69) is 12.2 Å². The zero-order valence-electron chi connectivity index (χ0n) is 7.60. The fraction of sp³-hybridized carbons (Fsp3) is 1.00. The Balaban J connectivity index is 2.07. The maximum Gasteiger partial charge on any atom is 0.0949 e. The molecule has 0 unspecified atom stereocenters. The van der Waals surface area contributed by atoms with E-state index in [4.69, 9.17) is 4.74 Å². The molecule has 0 saturated carbocycles. The lowest BCUT2D eigenvalue weighted by Crippen LogP contribution is -2.68. The van der Waals surface area contributed by atoms with Gasteiger partial charge in [-0.05, 0) is 12.8 Å². The summed E-state index contributed by atoms with van der Waals surface area (Å²) in [4.78, 5) is 0. The van der Waals surface area contributed by atoms with E-state index in [1.807, 2.05) is 0 Å². The fourth-order valence-corrected chi connectivity index (χ4v) is 2.08. The molecule has 3 nitrogen and oxygen atoms in total. The van der Waals surface area contributed by atoms with Gasteiger partial charge in [-0.15, -0.1) is 0 Å². The van der Waals surface area contributed by atoms with Crippen LogP contribution in [-0.4, -0.2) is 37.0 Å². The van der Waals surface area contributed by atoms with Crippen molar-refractivity contribution in [3.63, 3.8) is 0 Å². The second-order valence-electron chi connectivity index (χ2n) is 4.31. The zero-order chi connectivity index (χ0) is 8.66. The molecule has 2 fully saturated rings. The molecule has 2 aliphatic rings. The van der Waals surface area contributed by atoms with Crippen LogP contribution in [0.5, 0.6) is 0 Å². The Bertz CT molecular complexity index is 171. The first-order valence-electron chi connectivity index (χ1n) is 4.67. The lowest BCUT2D eigenvalue weighted by atomic mass is 9.65. The molecule has 0 aromatic rings. The SMILES string of the molecule is CC1(C2(O)CNC2)CCOCC1. The van der Waals surface area contributed by atoms with Gasteiger partial charge < -0.3 is 15.2 Å². The number of aliphatic hydroxyl groups is 1. The maximum atomic E-state index is 10.2. The van der Waals surface area contributed by atoms with Gasteiger partial charge in [-0.1, -0.05) is 6.92 Å². The van der Waals surface area contributed by atoms with Gasteiger partial charge in [0.2, 0.25) is 0 Å². The summed E-state index contributed by atoms with van der Waals surface area (Å²) in [5, 5.41) is 13.3. The van der Waals surface area contributed by atoms with Gasteiger partial charge in [-0.3, -0.25) is 0 Å². The first kappa shape index (κ1) is 8.48. The largest absolute Gasteiger partial charge is 0.387 e. The van der Waals surface area contributed by atoms with Crippen LogP contribution < -0.4 is 5.32 Å². The predicted molar refractivity (Wildman–Crippen MR) is 46.0 cm³/mol. The van der Waals surface area contributed by atoms with Gasteiger partial charge in [-0.2, -0.15) is 0 Å². The first-order valence-corrected chi connectivity index (χ1v) is 4.67. The summed E-state index contributed by atoms with van der Waals surface area (Å²) in [6.45, 7) is 5.29. The molecule has 2 aliphatic heterocycles. The molecule has 0 aromatic heterocycles. The molecule has 0 aliphatic carbocycles. The van der Waals surface area contributed by atoms with Crippen molar-refractivity contribution in [2.75, 3.05) is 26.3 Å². The summed E-state index contributed by atoms with van der Waals surface area (Å²) in [6.07, 6.45) is 1.98. The average molecular weight is 171 g/mol. The fourth-order valence-electron chi connectivity index (χ4n) is 2.08. The molecular weight excluding hydrogens is 154 g/mol. The first-order chi connectivity index (χ1) is 5.66. The van der Waals surface area contributed by atoms with E-state index in [1.165, 1.54) is 0 Å². The van der Waals surface area contributed by atoms with E-state index in [0.717, 1.165) is 39.1 Å². The highest BCUT2D eigenvalue weighted by molar-refractivity contribution is 5.05. The molecule has 3 heteroatoms. The van der Waals surface area contributed by atoms with Gasteiger partial charge in [0.1, 0.15) is 0 Å². The normalized spacial score (nSPS) is 32.5. The summed E-state index contributed by atoms with van der Waals surface area (Å²) < 4.78 is 5.30. The van der Waals surface area contributed by atoms with Gasteiger partial charge in [0.25, 0.3) is 0 Å². The molecule has 0 aromatic carbocycles. The van der Waals surface area contributed by atoms with Crippen LogP contribution in [0.3, 0.4) is 0 Å². The Morgan fingerprint density at radius 1 is 1.25 bits per heavy atom. The molecule has 0 atom stereocenters. The number of hydrogen-bond donors (Lipinski definition) is 2. The summed E-state index contributed by atoms with van der Waals surface area (Å²) in [5.74, 6) is 0. The maximum absolute atomic E-state index is 10.2. The molecule has 0 spiro atoms. The van der Waals surface area contributed by atoms with Gasteiger partial charge in [0, 0.05) is 31.7 Å². The van der Waals surface area contributed by atoms with Crippen LogP contribution >= 0.6 is 0 Å². The molecule has 2 heterocycles.